The van der Waals surface area contributed by atoms with Gasteiger partial charge in [-0.2, -0.15) is 5.10 Å². The van der Waals surface area contributed by atoms with Gasteiger partial charge in [0.15, 0.2) is 0 Å². The summed E-state index contributed by atoms with van der Waals surface area (Å²) in [6, 6.07) is 7.62. The highest BCUT2D eigenvalue weighted by Gasteiger charge is 2.13. The van der Waals surface area contributed by atoms with Gasteiger partial charge in [0.25, 0.3) is 0 Å². The van der Waals surface area contributed by atoms with Crippen molar-refractivity contribution in [2.24, 2.45) is 0 Å². The number of nitrogens with one attached hydrogen (secondary N) is 1. The average molecular weight is 312 g/mol. The summed E-state index contributed by atoms with van der Waals surface area (Å²) < 4.78 is 1.84. The SMILES string of the molecule is Cc1nn(Cc2cccc(Cl)c2)c(C)c1NC(=O)CCl. The van der Waals surface area contributed by atoms with Crippen LogP contribution in [0.2, 0.25) is 5.02 Å². The third kappa shape index (κ3) is 3.32. The van der Waals surface area contributed by atoms with Crippen molar-refractivity contribution in [1.29, 1.82) is 0 Å². The molecule has 2 aromatic rings. The molecule has 1 aromatic heterocycles. The molecule has 0 spiro atoms. The van der Waals surface area contributed by atoms with Gasteiger partial charge in [-0.05, 0) is 31.5 Å². The maximum atomic E-state index is 11.4. The Morgan fingerprint density at radius 1 is 1.40 bits per heavy atom. The van der Waals surface area contributed by atoms with Gasteiger partial charge in [-0.3, -0.25) is 9.48 Å². The first-order valence-corrected chi connectivity index (χ1v) is 7.06. The first-order chi connectivity index (χ1) is 9.51. The van der Waals surface area contributed by atoms with E-state index in [0.717, 1.165) is 22.6 Å². The molecule has 1 N–H and O–H groups in total. The van der Waals surface area contributed by atoms with Gasteiger partial charge in [-0.25, -0.2) is 0 Å². The Labute approximate surface area is 127 Å². The summed E-state index contributed by atoms with van der Waals surface area (Å²) in [4.78, 5) is 11.4. The number of anilines is 1. The number of aromatic nitrogens is 2. The lowest BCUT2D eigenvalue weighted by Gasteiger charge is -2.06. The molecular formula is C14H15Cl2N3O. The predicted octanol–water partition coefficient (Wildman–Crippen LogP) is 3.38. The van der Waals surface area contributed by atoms with Gasteiger partial charge >= 0.3 is 0 Å². The molecule has 0 atom stereocenters. The molecular weight excluding hydrogens is 297 g/mol. The number of carbonyl (C=O) groups is 1. The molecule has 0 fully saturated rings. The fourth-order valence-corrected chi connectivity index (χ4v) is 2.29. The van der Waals surface area contributed by atoms with Gasteiger partial charge in [-0.1, -0.05) is 23.7 Å². The highest BCUT2D eigenvalue weighted by atomic mass is 35.5. The number of nitrogens with zero attached hydrogens (tertiary/aromatic N) is 2. The van der Waals surface area contributed by atoms with Crippen LogP contribution < -0.4 is 5.32 Å². The number of amides is 1. The van der Waals surface area contributed by atoms with Crippen LogP contribution in [0.1, 0.15) is 17.0 Å². The Morgan fingerprint density at radius 3 is 2.80 bits per heavy atom. The standard InChI is InChI=1S/C14H15Cl2N3O/c1-9-14(17-13(20)7-15)10(2)19(18-9)8-11-4-3-5-12(16)6-11/h3-6H,7-8H2,1-2H3,(H,17,20). The van der Waals surface area contributed by atoms with Crippen molar-refractivity contribution in [3.8, 4) is 0 Å². The van der Waals surface area contributed by atoms with E-state index in [1.165, 1.54) is 0 Å². The average Bonchev–Trinajstić information content (AvgIpc) is 2.66. The fourth-order valence-electron chi connectivity index (χ4n) is 2.01. The quantitative estimate of drug-likeness (QED) is 0.880. The molecule has 0 radical (unpaired) electrons. The number of hydrogen-bond donors (Lipinski definition) is 1. The van der Waals surface area contributed by atoms with E-state index in [0.29, 0.717) is 11.6 Å². The molecule has 0 aliphatic rings. The molecule has 106 valence electrons. The Balaban J connectivity index is 2.25. The van der Waals surface area contributed by atoms with Crippen molar-refractivity contribution in [1.82, 2.24) is 9.78 Å². The molecule has 1 amide bonds. The number of alkyl halides is 1. The second-order valence-electron chi connectivity index (χ2n) is 4.52. The highest BCUT2D eigenvalue weighted by Crippen LogP contribution is 2.21. The lowest BCUT2D eigenvalue weighted by Crippen LogP contribution is -2.14. The topological polar surface area (TPSA) is 46.9 Å². The molecule has 1 heterocycles. The number of aryl methyl sites for hydroxylation is 1. The van der Waals surface area contributed by atoms with Gasteiger partial charge < -0.3 is 5.32 Å². The minimum absolute atomic E-state index is 0.0711. The maximum Gasteiger partial charge on any atom is 0.239 e. The summed E-state index contributed by atoms with van der Waals surface area (Å²) in [5, 5.41) is 7.90. The van der Waals surface area contributed by atoms with E-state index >= 15 is 0 Å². The first kappa shape index (κ1) is 14.9. The summed E-state index contributed by atoms with van der Waals surface area (Å²) in [6.45, 7) is 4.36. The molecule has 0 saturated heterocycles. The van der Waals surface area contributed by atoms with Gasteiger partial charge in [0.05, 0.1) is 23.6 Å². The minimum atomic E-state index is -0.236. The smallest absolute Gasteiger partial charge is 0.239 e. The second-order valence-corrected chi connectivity index (χ2v) is 5.22. The molecule has 6 heteroatoms. The monoisotopic (exact) mass is 311 g/mol. The summed E-state index contributed by atoms with van der Waals surface area (Å²) in [5.74, 6) is -0.307. The molecule has 0 unspecified atom stereocenters. The molecule has 4 nitrogen and oxygen atoms in total. The summed E-state index contributed by atoms with van der Waals surface area (Å²) in [5.41, 5.74) is 3.43. The molecule has 0 aliphatic carbocycles. The van der Waals surface area contributed by atoms with Crippen molar-refractivity contribution in [2.75, 3.05) is 11.2 Å². The van der Waals surface area contributed by atoms with Crippen LogP contribution in [0.25, 0.3) is 0 Å². The van der Waals surface area contributed by atoms with E-state index in [2.05, 4.69) is 10.4 Å². The zero-order chi connectivity index (χ0) is 14.7. The Bertz CT molecular complexity index is 637. The van der Waals surface area contributed by atoms with Gasteiger partial charge in [0, 0.05) is 5.02 Å². The van der Waals surface area contributed by atoms with Crippen LogP contribution in [0.4, 0.5) is 5.69 Å². The number of hydrogen-bond acceptors (Lipinski definition) is 2. The van der Waals surface area contributed by atoms with E-state index in [1.54, 1.807) is 0 Å². The van der Waals surface area contributed by atoms with E-state index in [-0.39, 0.29) is 11.8 Å². The normalized spacial score (nSPS) is 10.6. The van der Waals surface area contributed by atoms with Crippen molar-refractivity contribution >= 4 is 34.8 Å². The van der Waals surface area contributed by atoms with Crippen molar-refractivity contribution in [3.63, 3.8) is 0 Å². The molecule has 2 rings (SSSR count). The zero-order valence-corrected chi connectivity index (χ0v) is 12.8. The summed E-state index contributed by atoms with van der Waals surface area (Å²) in [6.07, 6.45) is 0. The molecule has 1 aromatic carbocycles. The van der Waals surface area contributed by atoms with E-state index in [9.17, 15) is 4.79 Å². The van der Waals surface area contributed by atoms with Gasteiger partial charge in [0.1, 0.15) is 5.88 Å². The van der Waals surface area contributed by atoms with Crippen molar-refractivity contribution < 1.29 is 4.79 Å². The van der Waals surface area contributed by atoms with Crippen LogP contribution in [0, 0.1) is 13.8 Å². The Morgan fingerprint density at radius 2 is 2.15 bits per heavy atom. The van der Waals surface area contributed by atoms with Crippen LogP contribution in [0.15, 0.2) is 24.3 Å². The maximum absolute atomic E-state index is 11.4. The molecule has 0 bridgehead atoms. The van der Waals surface area contributed by atoms with E-state index in [1.807, 2.05) is 42.8 Å². The lowest BCUT2D eigenvalue weighted by atomic mass is 10.2. The Hall–Kier alpha value is -1.52. The molecule has 0 saturated carbocycles. The lowest BCUT2D eigenvalue weighted by molar-refractivity contribution is -0.113. The Kier molecular flexibility index (Phi) is 4.68. The molecule has 20 heavy (non-hydrogen) atoms. The zero-order valence-electron chi connectivity index (χ0n) is 11.3. The van der Waals surface area contributed by atoms with Crippen LogP contribution in [-0.2, 0) is 11.3 Å². The highest BCUT2D eigenvalue weighted by molar-refractivity contribution is 6.30. The van der Waals surface area contributed by atoms with Gasteiger partial charge in [-0.15, -0.1) is 11.6 Å². The van der Waals surface area contributed by atoms with Gasteiger partial charge in [0.2, 0.25) is 5.91 Å². The van der Waals surface area contributed by atoms with Crippen molar-refractivity contribution in [3.05, 3.63) is 46.2 Å². The number of rotatable bonds is 4. The predicted molar refractivity (Wildman–Crippen MR) is 81.6 cm³/mol. The van der Waals surface area contributed by atoms with Crippen LogP contribution in [0.5, 0.6) is 0 Å². The first-order valence-electron chi connectivity index (χ1n) is 6.15. The van der Waals surface area contributed by atoms with Crippen LogP contribution in [0.3, 0.4) is 0 Å². The number of benzene rings is 1. The minimum Gasteiger partial charge on any atom is -0.322 e. The summed E-state index contributed by atoms with van der Waals surface area (Å²) >= 11 is 11.5. The molecule has 0 aliphatic heterocycles. The second kappa shape index (κ2) is 6.29. The number of carbonyl (C=O) groups excluding carboxylic acids is 1. The number of halogens is 2. The third-order valence-corrected chi connectivity index (χ3v) is 3.47. The van der Waals surface area contributed by atoms with Crippen molar-refractivity contribution in [2.45, 2.75) is 20.4 Å². The van der Waals surface area contributed by atoms with Crippen LogP contribution >= 0.6 is 23.2 Å². The fraction of sp³-hybridized carbons (Fsp3) is 0.286. The van der Waals surface area contributed by atoms with E-state index in [4.69, 9.17) is 23.2 Å². The van der Waals surface area contributed by atoms with Crippen LogP contribution in [-0.4, -0.2) is 21.6 Å². The summed E-state index contributed by atoms with van der Waals surface area (Å²) in [7, 11) is 0. The van der Waals surface area contributed by atoms with E-state index < -0.39 is 0 Å². The largest absolute Gasteiger partial charge is 0.322 e. The third-order valence-electron chi connectivity index (χ3n) is 2.99.